The Labute approximate surface area is 161 Å². The monoisotopic (exact) mass is 422 g/mol. The molecule has 2 heterocycles. The minimum Gasteiger partial charge on any atom is -0.334 e. The molecule has 0 radical (unpaired) electrons. The summed E-state index contributed by atoms with van der Waals surface area (Å²) in [5.74, 6) is -0.216. The van der Waals surface area contributed by atoms with Crippen molar-refractivity contribution in [1.82, 2.24) is 9.97 Å². The number of rotatable bonds is 7. The van der Waals surface area contributed by atoms with Gasteiger partial charge in [-0.05, 0) is 24.3 Å². The first kappa shape index (κ1) is 19.1. The molecule has 0 atom stereocenters. The lowest BCUT2D eigenvalue weighted by Crippen LogP contribution is -2.12. The van der Waals surface area contributed by atoms with Gasteiger partial charge in [-0.3, -0.25) is 25.0 Å². The number of anilines is 3. The molecule has 0 aliphatic carbocycles. The molecule has 0 unspecified atom stereocenters. The van der Waals surface area contributed by atoms with Crippen LogP contribution in [0.25, 0.3) is 0 Å². The summed E-state index contributed by atoms with van der Waals surface area (Å²) in [6, 6.07) is 6.11. The quantitative estimate of drug-likeness (QED) is 0.429. The molecule has 3 rings (SSSR count). The van der Waals surface area contributed by atoms with Crippen molar-refractivity contribution in [2.45, 2.75) is 4.90 Å². The fourth-order valence-electron chi connectivity index (χ4n) is 2.08. The summed E-state index contributed by atoms with van der Waals surface area (Å²) < 4.78 is 26.9. The van der Waals surface area contributed by atoms with Crippen LogP contribution in [0.1, 0.15) is 0 Å². The van der Waals surface area contributed by atoms with E-state index in [-0.39, 0.29) is 15.8 Å². The molecule has 0 aliphatic rings. The highest BCUT2D eigenvalue weighted by Gasteiger charge is 2.21. The molecule has 0 saturated carbocycles. The summed E-state index contributed by atoms with van der Waals surface area (Å²) in [6.07, 6.45) is 2.34. The van der Waals surface area contributed by atoms with Crippen LogP contribution in [0.15, 0.2) is 53.0 Å². The molecule has 0 bridgehead atoms. The summed E-state index contributed by atoms with van der Waals surface area (Å²) >= 11 is 1.12. The maximum absolute atomic E-state index is 12.3. The van der Waals surface area contributed by atoms with E-state index in [4.69, 9.17) is 0 Å². The number of nitrogens with zero attached hydrogens (tertiary/aromatic N) is 4. The maximum Gasteiger partial charge on any atom is 0.318 e. The number of pyridine rings is 1. The van der Waals surface area contributed by atoms with Gasteiger partial charge in [0.1, 0.15) is 6.20 Å². The van der Waals surface area contributed by atoms with E-state index in [0.717, 1.165) is 23.6 Å². The summed E-state index contributed by atoms with van der Waals surface area (Å²) in [6.45, 7) is 0. The van der Waals surface area contributed by atoms with Gasteiger partial charge in [-0.1, -0.05) is 0 Å². The van der Waals surface area contributed by atoms with Crippen molar-refractivity contribution < 1.29 is 18.3 Å². The molecule has 0 aliphatic heterocycles. The Morgan fingerprint density at radius 1 is 1.04 bits per heavy atom. The highest BCUT2D eigenvalue weighted by Crippen LogP contribution is 2.29. The molecule has 14 heteroatoms. The number of thiazole rings is 1. The number of aromatic nitrogens is 2. The Morgan fingerprint density at radius 2 is 1.75 bits per heavy atom. The molecular weight excluding hydrogens is 412 g/mol. The number of hydrogen-bond donors (Lipinski definition) is 2. The minimum atomic E-state index is -3.84. The van der Waals surface area contributed by atoms with Crippen molar-refractivity contribution in [3.8, 4) is 0 Å². The van der Waals surface area contributed by atoms with Gasteiger partial charge in [0.05, 0.1) is 20.8 Å². The number of hydrogen-bond acceptors (Lipinski definition) is 10. The molecule has 1 aromatic carbocycles. The standard InChI is InChI=1S/C14H10N6O6S2/c21-19(22)10-7-12(20(23)24)13(16-8-10)17-9-1-3-11(4-2-9)28(25,26)18-14-15-5-6-27-14/h1-8H,(H,15,18)(H,16,17). The first-order valence-electron chi connectivity index (χ1n) is 7.34. The predicted octanol–water partition coefficient (Wildman–Crippen LogP) is 2.90. The number of benzene rings is 1. The summed E-state index contributed by atoms with van der Waals surface area (Å²) in [5, 5.41) is 26.4. The molecule has 144 valence electrons. The van der Waals surface area contributed by atoms with E-state index in [2.05, 4.69) is 20.0 Å². The topological polar surface area (TPSA) is 170 Å². The van der Waals surface area contributed by atoms with E-state index in [9.17, 15) is 28.6 Å². The van der Waals surface area contributed by atoms with Crippen molar-refractivity contribution >= 4 is 49.4 Å². The molecule has 3 aromatic rings. The number of nitro groups is 2. The smallest absolute Gasteiger partial charge is 0.318 e. The second-order valence-electron chi connectivity index (χ2n) is 5.17. The van der Waals surface area contributed by atoms with Gasteiger partial charge in [0.2, 0.25) is 5.82 Å². The first-order valence-corrected chi connectivity index (χ1v) is 9.71. The van der Waals surface area contributed by atoms with E-state index in [0.29, 0.717) is 5.69 Å². The highest BCUT2D eigenvalue weighted by atomic mass is 32.2. The average Bonchev–Trinajstić information content (AvgIpc) is 3.14. The third kappa shape index (κ3) is 4.18. The summed E-state index contributed by atoms with van der Waals surface area (Å²) in [4.78, 5) is 27.8. The van der Waals surface area contributed by atoms with Gasteiger partial charge in [0.25, 0.3) is 15.7 Å². The van der Waals surface area contributed by atoms with Crippen LogP contribution in [0.5, 0.6) is 0 Å². The molecular formula is C14H10N6O6S2. The molecule has 0 saturated heterocycles. The maximum atomic E-state index is 12.3. The molecule has 2 aromatic heterocycles. The first-order chi connectivity index (χ1) is 13.3. The molecule has 2 N–H and O–H groups in total. The van der Waals surface area contributed by atoms with Crippen molar-refractivity contribution in [2.24, 2.45) is 0 Å². The van der Waals surface area contributed by atoms with Gasteiger partial charge in [0.15, 0.2) is 5.13 Å². The van der Waals surface area contributed by atoms with E-state index >= 15 is 0 Å². The third-order valence-electron chi connectivity index (χ3n) is 3.34. The van der Waals surface area contributed by atoms with Crippen LogP contribution in [-0.2, 0) is 10.0 Å². The number of nitrogens with one attached hydrogen (secondary N) is 2. The summed E-state index contributed by atoms with van der Waals surface area (Å²) in [7, 11) is -3.84. The van der Waals surface area contributed by atoms with E-state index in [1.807, 2.05) is 0 Å². The molecule has 0 fully saturated rings. The SMILES string of the molecule is O=[N+]([O-])c1cnc(Nc2ccc(S(=O)(=O)Nc3nccs3)cc2)c([N+](=O)[O-])c1. The van der Waals surface area contributed by atoms with Gasteiger partial charge >= 0.3 is 5.69 Å². The Kier molecular flexibility index (Phi) is 5.14. The van der Waals surface area contributed by atoms with Crippen LogP contribution >= 0.6 is 11.3 Å². The van der Waals surface area contributed by atoms with Gasteiger partial charge in [-0.15, -0.1) is 11.3 Å². The largest absolute Gasteiger partial charge is 0.334 e. The minimum absolute atomic E-state index is 0.0422. The number of sulfonamides is 1. The van der Waals surface area contributed by atoms with Gasteiger partial charge in [0, 0.05) is 17.3 Å². The predicted molar refractivity (Wildman–Crippen MR) is 100 cm³/mol. The van der Waals surface area contributed by atoms with Gasteiger partial charge in [-0.25, -0.2) is 18.4 Å². The van der Waals surface area contributed by atoms with E-state index in [1.54, 1.807) is 5.38 Å². The Balaban J connectivity index is 1.83. The lowest BCUT2D eigenvalue weighted by atomic mass is 10.3. The zero-order valence-electron chi connectivity index (χ0n) is 13.7. The molecule has 0 spiro atoms. The van der Waals surface area contributed by atoms with E-state index in [1.165, 1.54) is 30.5 Å². The van der Waals surface area contributed by atoms with Crippen LogP contribution < -0.4 is 10.0 Å². The van der Waals surface area contributed by atoms with Crippen LogP contribution in [0.2, 0.25) is 0 Å². The second kappa shape index (κ2) is 7.53. The third-order valence-corrected chi connectivity index (χ3v) is 5.51. The molecule has 0 amide bonds. The Hall–Kier alpha value is -3.65. The average molecular weight is 422 g/mol. The van der Waals surface area contributed by atoms with Crippen molar-refractivity contribution in [1.29, 1.82) is 0 Å². The van der Waals surface area contributed by atoms with E-state index < -0.39 is 31.2 Å². The Bertz CT molecular complexity index is 1130. The van der Waals surface area contributed by atoms with Crippen molar-refractivity contribution in [3.05, 3.63) is 68.3 Å². The fraction of sp³-hybridized carbons (Fsp3) is 0. The van der Waals surface area contributed by atoms with Crippen molar-refractivity contribution in [3.63, 3.8) is 0 Å². The summed E-state index contributed by atoms with van der Waals surface area (Å²) in [5.41, 5.74) is -0.805. The lowest BCUT2D eigenvalue weighted by Gasteiger charge is -2.08. The van der Waals surface area contributed by atoms with Crippen LogP contribution in [0.4, 0.5) is 28.0 Å². The van der Waals surface area contributed by atoms with Gasteiger partial charge < -0.3 is 5.32 Å². The Morgan fingerprint density at radius 3 is 2.32 bits per heavy atom. The normalized spacial score (nSPS) is 11.0. The van der Waals surface area contributed by atoms with Crippen LogP contribution in [0.3, 0.4) is 0 Å². The lowest BCUT2D eigenvalue weighted by molar-refractivity contribution is -0.394. The van der Waals surface area contributed by atoms with Crippen LogP contribution in [0, 0.1) is 20.2 Å². The zero-order valence-corrected chi connectivity index (χ0v) is 15.3. The fourth-order valence-corrected chi connectivity index (χ4v) is 3.87. The molecule has 28 heavy (non-hydrogen) atoms. The van der Waals surface area contributed by atoms with Gasteiger partial charge in [-0.2, -0.15) is 0 Å². The second-order valence-corrected chi connectivity index (χ2v) is 7.74. The molecule has 12 nitrogen and oxygen atoms in total. The zero-order chi connectivity index (χ0) is 20.3. The van der Waals surface area contributed by atoms with Crippen molar-refractivity contribution in [2.75, 3.05) is 10.0 Å². The highest BCUT2D eigenvalue weighted by molar-refractivity contribution is 7.93. The van der Waals surface area contributed by atoms with Crippen LogP contribution in [-0.4, -0.2) is 28.2 Å².